The zero-order valence-corrected chi connectivity index (χ0v) is 12.9. The maximum Gasteiger partial charge on any atom is 0.254 e. The fourth-order valence-electron chi connectivity index (χ4n) is 2.86. The Morgan fingerprint density at radius 3 is 2.43 bits per heavy atom. The Hall–Kier alpha value is -1.55. The molecule has 0 aromatic heterocycles. The third-order valence-electron chi connectivity index (χ3n) is 4.36. The highest BCUT2D eigenvalue weighted by Crippen LogP contribution is 2.30. The van der Waals surface area contributed by atoms with Crippen LogP contribution < -0.4 is 4.90 Å². The number of anilines is 1. The van der Waals surface area contributed by atoms with Crippen LogP contribution in [0.3, 0.4) is 0 Å². The summed E-state index contributed by atoms with van der Waals surface area (Å²) in [6.45, 7) is 2.49. The van der Waals surface area contributed by atoms with Gasteiger partial charge < -0.3 is 14.5 Å². The highest BCUT2D eigenvalue weighted by molar-refractivity contribution is 5.95. The van der Waals surface area contributed by atoms with Crippen LogP contribution in [0.25, 0.3) is 0 Å². The van der Waals surface area contributed by atoms with E-state index in [0.29, 0.717) is 12.0 Å². The number of hydrogen-bond donors (Lipinski definition) is 0. The summed E-state index contributed by atoms with van der Waals surface area (Å²) in [5.74, 6) is 0.685. The minimum atomic E-state index is 0.176. The van der Waals surface area contributed by atoms with E-state index in [1.165, 1.54) is 0 Å². The van der Waals surface area contributed by atoms with Crippen LogP contribution in [-0.4, -0.2) is 50.7 Å². The van der Waals surface area contributed by atoms with Crippen LogP contribution >= 0.6 is 0 Å². The summed E-state index contributed by atoms with van der Waals surface area (Å²) in [7, 11) is 4.01. The summed E-state index contributed by atoms with van der Waals surface area (Å²) < 4.78 is 5.44. The molecule has 1 saturated carbocycles. The minimum absolute atomic E-state index is 0.176. The molecule has 0 spiro atoms. The SMILES string of the molecule is CN(C)c1ccc(C(=O)N(C[C@H]2CCOC2)C2CC2)cc1. The predicted molar refractivity (Wildman–Crippen MR) is 83.8 cm³/mol. The van der Waals surface area contributed by atoms with Gasteiger partial charge in [0.05, 0.1) is 6.61 Å². The van der Waals surface area contributed by atoms with E-state index in [-0.39, 0.29) is 5.91 Å². The van der Waals surface area contributed by atoms with Crippen LogP contribution in [0.5, 0.6) is 0 Å². The maximum absolute atomic E-state index is 12.8. The molecule has 0 radical (unpaired) electrons. The Morgan fingerprint density at radius 2 is 1.90 bits per heavy atom. The van der Waals surface area contributed by atoms with Gasteiger partial charge in [0.15, 0.2) is 0 Å². The molecule has 0 bridgehead atoms. The van der Waals surface area contributed by atoms with Crippen molar-refractivity contribution in [1.82, 2.24) is 4.90 Å². The number of rotatable bonds is 5. The minimum Gasteiger partial charge on any atom is -0.381 e. The second-order valence-corrected chi connectivity index (χ2v) is 6.36. The van der Waals surface area contributed by atoms with Gasteiger partial charge >= 0.3 is 0 Å². The summed E-state index contributed by atoms with van der Waals surface area (Å²) >= 11 is 0. The molecule has 1 aromatic rings. The normalized spacial score (nSPS) is 21.3. The largest absolute Gasteiger partial charge is 0.381 e. The van der Waals surface area contributed by atoms with Crippen molar-refractivity contribution in [2.24, 2.45) is 5.92 Å². The number of amides is 1. The first-order valence-corrected chi connectivity index (χ1v) is 7.81. The van der Waals surface area contributed by atoms with E-state index in [4.69, 9.17) is 4.74 Å². The van der Waals surface area contributed by atoms with Crippen LogP contribution in [0.1, 0.15) is 29.6 Å². The first-order valence-electron chi connectivity index (χ1n) is 7.81. The summed E-state index contributed by atoms with van der Waals surface area (Å²) in [6, 6.07) is 8.36. The summed E-state index contributed by atoms with van der Waals surface area (Å²) in [5.41, 5.74) is 1.92. The Morgan fingerprint density at radius 1 is 1.19 bits per heavy atom. The topological polar surface area (TPSA) is 32.8 Å². The van der Waals surface area contributed by atoms with Crippen molar-refractivity contribution in [2.45, 2.75) is 25.3 Å². The lowest BCUT2D eigenvalue weighted by atomic mass is 10.1. The molecule has 0 N–H and O–H groups in total. The zero-order valence-electron chi connectivity index (χ0n) is 12.9. The van der Waals surface area contributed by atoms with Gasteiger partial charge in [-0.2, -0.15) is 0 Å². The maximum atomic E-state index is 12.8. The van der Waals surface area contributed by atoms with Gasteiger partial charge in [0.2, 0.25) is 0 Å². The first-order chi connectivity index (χ1) is 10.1. The molecule has 1 aliphatic carbocycles. The van der Waals surface area contributed by atoms with E-state index in [2.05, 4.69) is 4.90 Å². The van der Waals surface area contributed by atoms with Gasteiger partial charge in [-0.25, -0.2) is 0 Å². The van der Waals surface area contributed by atoms with Gasteiger partial charge in [0, 0.05) is 50.5 Å². The van der Waals surface area contributed by atoms with Crippen molar-refractivity contribution in [3.63, 3.8) is 0 Å². The zero-order chi connectivity index (χ0) is 14.8. The van der Waals surface area contributed by atoms with Crippen molar-refractivity contribution in [2.75, 3.05) is 38.8 Å². The summed E-state index contributed by atoms with van der Waals surface area (Å²) in [6.07, 6.45) is 3.38. The van der Waals surface area contributed by atoms with Crippen molar-refractivity contribution in [3.05, 3.63) is 29.8 Å². The molecule has 1 heterocycles. The lowest BCUT2D eigenvalue weighted by molar-refractivity contribution is 0.0706. The number of carbonyl (C=O) groups excluding carboxylic acids is 1. The summed E-state index contributed by atoms with van der Waals surface area (Å²) in [4.78, 5) is 16.9. The van der Waals surface area contributed by atoms with Crippen molar-refractivity contribution >= 4 is 11.6 Å². The molecule has 1 saturated heterocycles. The Balaban J connectivity index is 1.70. The molecule has 114 valence electrons. The Labute approximate surface area is 126 Å². The smallest absolute Gasteiger partial charge is 0.254 e. The number of ether oxygens (including phenoxy) is 1. The summed E-state index contributed by atoms with van der Waals surface area (Å²) in [5, 5.41) is 0. The van der Waals surface area contributed by atoms with Crippen LogP contribution in [0.2, 0.25) is 0 Å². The molecule has 0 unspecified atom stereocenters. The van der Waals surface area contributed by atoms with Crippen LogP contribution in [0.4, 0.5) is 5.69 Å². The molecule has 2 fully saturated rings. The molecule has 21 heavy (non-hydrogen) atoms. The van der Waals surface area contributed by atoms with E-state index in [9.17, 15) is 4.79 Å². The highest BCUT2D eigenvalue weighted by Gasteiger charge is 2.35. The third kappa shape index (κ3) is 3.38. The Bertz CT molecular complexity index is 488. The number of nitrogens with zero attached hydrogens (tertiary/aromatic N) is 2. The van der Waals surface area contributed by atoms with Gasteiger partial charge in [0.1, 0.15) is 0 Å². The lowest BCUT2D eigenvalue weighted by Gasteiger charge is -2.25. The van der Waals surface area contributed by atoms with E-state index in [1.54, 1.807) is 0 Å². The standard InChI is InChI=1S/C17H24N2O2/c1-18(2)15-5-3-14(4-6-15)17(20)19(16-7-8-16)11-13-9-10-21-12-13/h3-6,13,16H,7-12H2,1-2H3/t13-/m1/s1. The fourth-order valence-corrected chi connectivity index (χ4v) is 2.86. The lowest BCUT2D eigenvalue weighted by Crippen LogP contribution is -2.37. The van der Waals surface area contributed by atoms with E-state index in [0.717, 1.165) is 50.3 Å². The average molecular weight is 288 g/mol. The first kappa shape index (κ1) is 14.4. The molecule has 1 aromatic carbocycles. The van der Waals surface area contributed by atoms with Crippen molar-refractivity contribution in [1.29, 1.82) is 0 Å². The van der Waals surface area contributed by atoms with E-state index >= 15 is 0 Å². The average Bonchev–Trinajstić information content (AvgIpc) is 3.20. The van der Waals surface area contributed by atoms with Gasteiger partial charge in [-0.3, -0.25) is 4.79 Å². The highest BCUT2D eigenvalue weighted by atomic mass is 16.5. The van der Waals surface area contributed by atoms with E-state index < -0.39 is 0 Å². The van der Waals surface area contributed by atoms with E-state index in [1.807, 2.05) is 43.3 Å². The van der Waals surface area contributed by atoms with Gasteiger partial charge in [-0.05, 0) is 43.5 Å². The molecule has 2 aliphatic rings. The van der Waals surface area contributed by atoms with Crippen LogP contribution in [0.15, 0.2) is 24.3 Å². The molecule has 1 amide bonds. The van der Waals surface area contributed by atoms with Crippen LogP contribution in [-0.2, 0) is 4.74 Å². The van der Waals surface area contributed by atoms with Crippen molar-refractivity contribution < 1.29 is 9.53 Å². The number of hydrogen-bond acceptors (Lipinski definition) is 3. The second-order valence-electron chi connectivity index (χ2n) is 6.36. The van der Waals surface area contributed by atoms with Gasteiger partial charge in [0.25, 0.3) is 5.91 Å². The molecular weight excluding hydrogens is 264 g/mol. The monoisotopic (exact) mass is 288 g/mol. The molecule has 3 rings (SSSR count). The number of carbonyl (C=O) groups is 1. The number of benzene rings is 1. The van der Waals surface area contributed by atoms with Crippen molar-refractivity contribution in [3.8, 4) is 0 Å². The molecule has 1 aliphatic heterocycles. The second kappa shape index (κ2) is 6.06. The predicted octanol–water partition coefficient (Wildman–Crippen LogP) is 2.39. The molecule has 1 atom stereocenters. The third-order valence-corrected chi connectivity index (χ3v) is 4.36. The Kier molecular flexibility index (Phi) is 4.15. The molecular formula is C17H24N2O2. The van der Waals surface area contributed by atoms with Gasteiger partial charge in [-0.1, -0.05) is 0 Å². The quantitative estimate of drug-likeness (QED) is 0.834. The fraction of sp³-hybridized carbons (Fsp3) is 0.588. The van der Waals surface area contributed by atoms with Gasteiger partial charge in [-0.15, -0.1) is 0 Å². The molecule has 4 nitrogen and oxygen atoms in total. The molecule has 4 heteroatoms. The van der Waals surface area contributed by atoms with Crippen LogP contribution in [0, 0.1) is 5.92 Å².